The molecule has 1 N–H and O–H groups in total. The molecule has 6 nitrogen and oxygen atoms in total. The molecule has 1 amide bonds. The first-order chi connectivity index (χ1) is 14.9. The van der Waals surface area contributed by atoms with Gasteiger partial charge in [0.1, 0.15) is 5.75 Å². The van der Waals surface area contributed by atoms with Crippen molar-refractivity contribution in [3.05, 3.63) is 76.6 Å². The van der Waals surface area contributed by atoms with Gasteiger partial charge in [-0.2, -0.15) is 0 Å². The topological polar surface area (TPSA) is 69.0 Å². The molecule has 1 atom stereocenters. The molecule has 2 aromatic carbocycles. The first-order valence-corrected chi connectivity index (χ1v) is 11.3. The summed E-state index contributed by atoms with van der Waals surface area (Å²) in [5, 5.41) is 12.8. The van der Waals surface area contributed by atoms with Crippen molar-refractivity contribution < 1.29 is 9.53 Å². The van der Waals surface area contributed by atoms with Crippen LogP contribution < -0.4 is 10.1 Å². The van der Waals surface area contributed by atoms with E-state index in [9.17, 15) is 4.79 Å². The zero-order valence-corrected chi connectivity index (χ0v) is 19.5. The Labute approximate surface area is 195 Å². The van der Waals surface area contributed by atoms with Crippen LogP contribution >= 0.6 is 35.0 Å². The van der Waals surface area contributed by atoms with Crippen molar-refractivity contribution in [3.8, 4) is 5.75 Å². The van der Waals surface area contributed by atoms with Crippen LogP contribution in [0.3, 0.4) is 0 Å². The number of carbonyl (C=O) groups excluding carboxylic acids is 1. The monoisotopic (exact) mass is 476 g/mol. The van der Waals surface area contributed by atoms with Crippen molar-refractivity contribution >= 4 is 46.6 Å². The zero-order chi connectivity index (χ0) is 22.4. The van der Waals surface area contributed by atoms with E-state index in [0.717, 1.165) is 11.3 Å². The van der Waals surface area contributed by atoms with Crippen molar-refractivity contribution in [2.24, 2.45) is 0 Å². The molecule has 9 heteroatoms. The van der Waals surface area contributed by atoms with Crippen LogP contribution in [0.1, 0.15) is 24.4 Å². The minimum atomic E-state index is -0.328. The third-order valence-corrected chi connectivity index (χ3v) is 5.78. The second-order valence-electron chi connectivity index (χ2n) is 6.78. The van der Waals surface area contributed by atoms with Gasteiger partial charge in [0.05, 0.1) is 16.5 Å². The number of aryl methyl sites for hydroxylation is 1. The summed E-state index contributed by atoms with van der Waals surface area (Å²) < 4.78 is 7.93. The molecule has 3 aromatic rings. The van der Waals surface area contributed by atoms with E-state index in [-0.39, 0.29) is 17.8 Å². The molecule has 0 saturated heterocycles. The van der Waals surface area contributed by atoms with Gasteiger partial charge >= 0.3 is 0 Å². The molecule has 31 heavy (non-hydrogen) atoms. The highest BCUT2D eigenvalue weighted by molar-refractivity contribution is 7.99. The summed E-state index contributed by atoms with van der Waals surface area (Å²) in [4.78, 5) is 12.4. The first-order valence-electron chi connectivity index (χ1n) is 9.52. The van der Waals surface area contributed by atoms with Gasteiger partial charge in [0, 0.05) is 11.6 Å². The van der Waals surface area contributed by atoms with Crippen molar-refractivity contribution in [1.82, 2.24) is 14.8 Å². The van der Waals surface area contributed by atoms with E-state index in [1.807, 2.05) is 42.7 Å². The number of benzene rings is 2. The van der Waals surface area contributed by atoms with Crippen LogP contribution in [-0.4, -0.2) is 26.4 Å². The highest BCUT2D eigenvalue weighted by atomic mass is 35.5. The molecular weight excluding hydrogens is 455 g/mol. The molecule has 0 fully saturated rings. The molecule has 3 rings (SSSR count). The maximum absolute atomic E-state index is 12.4. The SMILES string of the molecule is C=CCn1c(SCC(=O)Nc2ccc(Cl)cc2Cl)nnc1C(C)Oc1cccc(C)c1. The number of allylic oxidation sites excluding steroid dienone is 1. The van der Waals surface area contributed by atoms with Gasteiger partial charge in [-0.3, -0.25) is 9.36 Å². The third-order valence-electron chi connectivity index (χ3n) is 4.26. The lowest BCUT2D eigenvalue weighted by Crippen LogP contribution is -2.15. The van der Waals surface area contributed by atoms with E-state index in [2.05, 4.69) is 22.1 Å². The fourth-order valence-corrected chi connectivity index (χ4v) is 4.07. The number of anilines is 1. The zero-order valence-electron chi connectivity index (χ0n) is 17.1. The van der Waals surface area contributed by atoms with Crippen LogP contribution in [0, 0.1) is 6.92 Å². The molecule has 0 aliphatic carbocycles. The van der Waals surface area contributed by atoms with E-state index in [1.165, 1.54) is 11.8 Å². The molecule has 1 heterocycles. The fourth-order valence-electron chi connectivity index (χ4n) is 2.86. The maximum atomic E-state index is 12.4. The number of rotatable bonds is 9. The van der Waals surface area contributed by atoms with Crippen molar-refractivity contribution in [1.29, 1.82) is 0 Å². The average molecular weight is 477 g/mol. The van der Waals surface area contributed by atoms with Crippen LogP contribution in [0.2, 0.25) is 10.0 Å². The Morgan fingerprint density at radius 2 is 2.10 bits per heavy atom. The number of halogens is 2. The first kappa shape index (κ1) is 23.2. The second-order valence-corrected chi connectivity index (χ2v) is 8.56. The van der Waals surface area contributed by atoms with Gasteiger partial charge in [0.25, 0.3) is 0 Å². The van der Waals surface area contributed by atoms with E-state index in [0.29, 0.717) is 33.3 Å². The predicted octanol–water partition coefficient (Wildman–Crippen LogP) is 5.95. The summed E-state index contributed by atoms with van der Waals surface area (Å²) in [6.07, 6.45) is 1.43. The molecular formula is C22H22Cl2N4O2S. The lowest BCUT2D eigenvalue weighted by molar-refractivity contribution is -0.113. The number of thioether (sulfide) groups is 1. The summed E-state index contributed by atoms with van der Waals surface area (Å²) in [7, 11) is 0. The molecule has 0 spiro atoms. The van der Waals surface area contributed by atoms with Gasteiger partial charge in [0.15, 0.2) is 17.1 Å². The van der Waals surface area contributed by atoms with Crippen LogP contribution in [0.5, 0.6) is 5.75 Å². The van der Waals surface area contributed by atoms with E-state index >= 15 is 0 Å². The Kier molecular flexibility index (Phi) is 8.01. The molecule has 0 saturated carbocycles. The average Bonchev–Trinajstić information content (AvgIpc) is 3.12. The third kappa shape index (κ3) is 6.26. The molecule has 162 valence electrons. The minimum absolute atomic E-state index is 0.140. The summed E-state index contributed by atoms with van der Waals surface area (Å²) >= 11 is 13.3. The lowest BCUT2D eigenvalue weighted by atomic mass is 10.2. The number of ether oxygens (including phenoxy) is 1. The van der Waals surface area contributed by atoms with Gasteiger partial charge in [-0.1, -0.05) is 53.2 Å². The van der Waals surface area contributed by atoms with Gasteiger partial charge in [-0.15, -0.1) is 16.8 Å². The molecule has 0 aliphatic heterocycles. The summed E-state index contributed by atoms with van der Waals surface area (Å²) in [5.41, 5.74) is 1.62. The second kappa shape index (κ2) is 10.7. The number of nitrogens with one attached hydrogen (secondary N) is 1. The molecule has 0 radical (unpaired) electrons. The molecule has 0 bridgehead atoms. The quantitative estimate of drug-likeness (QED) is 0.305. The molecule has 1 aromatic heterocycles. The van der Waals surface area contributed by atoms with E-state index in [4.69, 9.17) is 27.9 Å². The van der Waals surface area contributed by atoms with Gasteiger partial charge in [-0.25, -0.2) is 0 Å². The van der Waals surface area contributed by atoms with E-state index in [1.54, 1.807) is 24.3 Å². The Balaban J connectivity index is 1.68. The van der Waals surface area contributed by atoms with Gasteiger partial charge in [-0.05, 0) is 49.7 Å². The number of hydrogen-bond donors (Lipinski definition) is 1. The highest BCUT2D eigenvalue weighted by Gasteiger charge is 2.20. The van der Waals surface area contributed by atoms with Gasteiger partial charge in [0.2, 0.25) is 5.91 Å². The lowest BCUT2D eigenvalue weighted by Gasteiger charge is -2.16. The summed E-state index contributed by atoms with van der Waals surface area (Å²) in [6, 6.07) is 12.7. The predicted molar refractivity (Wildman–Crippen MR) is 126 cm³/mol. The van der Waals surface area contributed by atoms with E-state index < -0.39 is 0 Å². The van der Waals surface area contributed by atoms with Crippen molar-refractivity contribution in [3.63, 3.8) is 0 Å². The van der Waals surface area contributed by atoms with Crippen LogP contribution in [-0.2, 0) is 11.3 Å². The number of hydrogen-bond acceptors (Lipinski definition) is 5. The number of nitrogens with zero attached hydrogens (tertiary/aromatic N) is 3. The molecule has 0 aliphatic rings. The van der Waals surface area contributed by atoms with Crippen LogP contribution in [0.15, 0.2) is 60.3 Å². The number of amides is 1. The minimum Gasteiger partial charge on any atom is -0.483 e. The largest absolute Gasteiger partial charge is 0.483 e. The standard InChI is InChI=1S/C22H22Cl2N4O2S/c1-4-10-28-21(15(3)30-17-7-5-6-14(2)11-17)26-27-22(28)31-13-20(29)25-19-9-8-16(23)12-18(19)24/h4-9,11-12,15H,1,10,13H2,2-3H3,(H,25,29). The highest BCUT2D eigenvalue weighted by Crippen LogP contribution is 2.27. The summed E-state index contributed by atoms with van der Waals surface area (Å²) in [5.74, 6) is 1.34. The smallest absolute Gasteiger partial charge is 0.234 e. The van der Waals surface area contributed by atoms with Crippen LogP contribution in [0.25, 0.3) is 0 Å². The Bertz CT molecular complexity index is 1090. The Hall–Kier alpha value is -2.48. The van der Waals surface area contributed by atoms with Gasteiger partial charge < -0.3 is 10.1 Å². The fraction of sp³-hybridized carbons (Fsp3) is 0.227. The number of carbonyl (C=O) groups is 1. The van der Waals surface area contributed by atoms with Crippen molar-refractivity contribution in [2.45, 2.75) is 31.7 Å². The normalized spacial score (nSPS) is 11.7. The van der Waals surface area contributed by atoms with Crippen molar-refractivity contribution in [2.75, 3.05) is 11.1 Å². The Morgan fingerprint density at radius 1 is 1.29 bits per heavy atom. The maximum Gasteiger partial charge on any atom is 0.234 e. The number of aromatic nitrogens is 3. The van der Waals surface area contributed by atoms with Crippen LogP contribution in [0.4, 0.5) is 5.69 Å². The molecule has 1 unspecified atom stereocenters. The summed E-state index contributed by atoms with van der Waals surface area (Å²) in [6.45, 7) is 8.23. The Morgan fingerprint density at radius 3 is 2.81 bits per heavy atom.